The fourth-order valence-corrected chi connectivity index (χ4v) is 5.54. The molecule has 2 N–H and O–H groups in total. The van der Waals surface area contributed by atoms with E-state index in [-0.39, 0.29) is 16.7 Å². The number of primary amides is 1. The van der Waals surface area contributed by atoms with Crippen molar-refractivity contribution in [2.75, 3.05) is 5.75 Å². The highest BCUT2D eigenvalue weighted by Crippen LogP contribution is 2.48. The Morgan fingerprint density at radius 2 is 2.00 bits per heavy atom. The lowest BCUT2D eigenvalue weighted by Crippen LogP contribution is -2.43. The van der Waals surface area contributed by atoms with E-state index in [1.165, 1.54) is 23.7 Å². The SMILES string of the molecule is CCn1c(SCC(N)=O)nc2c(c1=O)C1(CCCCC1)Cc1ccccc1-2. The summed E-state index contributed by atoms with van der Waals surface area (Å²) in [5.41, 5.74) is 9.33. The molecule has 1 saturated carbocycles. The molecule has 2 aliphatic carbocycles. The van der Waals surface area contributed by atoms with Gasteiger partial charge < -0.3 is 5.73 Å². The maximum atomic E-state index is 13.6. The molecule has 1 amide bonds. The van der Waals surface area contributed by atoms with E-state index in [9.17, 15) is 9.59 Å². The molecule has 1 aromatic heterocycles. The third-order valence-corrected chi connectivity index (χ3v) is 6.93. The highest BCUT2D eigenvalue weighted by atomic mass is 32.2. The lowest BCUT2D eigenvalue weighted by atomic mass is 9.62. The second-order valence-corrected chi connectivity index (χ2v) is 8.54. The van der Waals surface area contributed by atoms with Gasteiger partial charge in [0.05, 0.1) is 17.0 Å². The van der Waals surface area contributed by atoms with E-state index < -0.39 is 5.91 Å². The number of carbonyl (C=O) groups is 1. The second kappa shape index (κ2) is 7.15. The number of nitrogens with two attached hydrogens (primary N) is 1. The highest BCUT2D eigenvalue weighted by molar-refractivity contribution is 7.99. The first-order valence-corrected chi connectivity index (χ1v) is 10.7. The number of carbonyl (C=O) groups excluding carboxylic acids is 1. The van der Waals surface area contributed by atoms with Crippen molar-refractivity contribution in [1.29, 1.82) is 0 Å². The maximum Gasteiger partial charge on any atom is 0.258 e. The smallest absolute Gasteiger partial charge is 0.258 e. The maximum absolute atomic E-state index is 13.6. The molecular formula is C21H25N3O2S. The molecule has 2 aliphatic rings. The fraction of sp³-hybridized carbons (Fsp3) is 0.476. The van der Waals surface area contributed by atoms with E-state index in [1.54, 1.807) is 4.57 Å². The minimum absolute atomic E-state index is 0.0610. The Kier molecular flexibility index (Phi) is 4.84. The van der Waals surface area contributed by atoms with Crippen molar-refractivity contribution >= 4 is 17.7 Å². The Hall–Kier alpha value is -2.08. The van der Waals surface area contributed by atoms with Crippen molar-refractivity contribution in [3.05, 3.63) is 45.7 Å². The van der Waals surface area contributed by atoms with Crippen LogP contribution in [0.1, 0.15) is 50.2 Å². The largest absolute Gasteiger partial charge is 0.369 e. The van der Waals surface area contributed by atoms with Crippen LogP contribution < -0.4 is 11.3 Å². The van der Waals surface area contributed by atoms with Crippen LogP contribution in [0.3, 0.4) is 0 Å². The minimum atomic E-state index is -0.404. The monoisotopic (exact) mass is 383 g/mol. The first-order chi connectivity index (χ1) is 13.1. The minimum Gasteiger partial charge on any atom is -0.369 e. The van der Waals surface area contributed by atoms with Crippen LogP contribution in [0.5, 0.6) is 0 Å². The van der Waals surface area contributed by atoms with E-state index in [0.29, 0.717) is 11.7 Å². The number of aromatic nitrogens is 2. The zero-order valence-electron chi connectivity index (χ0n) is 15.7. The van der Waals surface area contributed by atoms with Crippen LogP contribution in [0.4, 0.5) is 0 Å². The third-order valence-electron chi connectivity index (χ3n) is 5.94. The van der Waals surface area contributed by atoms with Crippen LogP contribution in [0.15, 0.2) is 34.2 Å². The van der Waals surface area contributed by atoms with Crippen LogP contribution in [-0.2, 0) is 23.2 Å². The number of amides is 1. The van der Waals surface area contributed by atoms with Crippen molar-refractivity contribution in [2.45, 2.75) is 62.6 Å². The molecule has 0 atom stereocenters. The Labute approximate surface area is 163 Å². The summed E-state index contributed by atoms with van der Waals surface area (Å²) in [4.78, 5) is 29.8. The molecule has 0 aliphatic heterocycles. The van der Waals surface area contributed by atoms with Crippen molar-refractivity contribution in [3.63, 3.8) is 0 Å². The molecule has 1 heterocycles. The van der Waals surface area contributed by atoms with Gasteiger partial charge in [-0.15, -0.1) is 0 Å². The molecule has 1 fully saturated rings. The third kappa shape index (κ3) is 3.10. The fourth-order valence-electron chi connectivity index (χ4n) is 4.75. The van der Waals surface area contributed by atoms with Gasteiger partial charge in [0.1, 0.15) is 0 Å². The summed E-state index contributed by atoms with van der Waals surface area (Å²) < 4.78 is 1.72. The topological polar surface area (TPSA) is 78.0 Å². The predicted molar refractivity (Wildman–Crippen MR) is 108 cm³/mol. The van der Waals surface area contributed by atoms with E-state index in [2.05, 4.69) is 18.2 Å². The molecule has 6 heteroatoms. The van der Waals surface area contributed by atoms with Gasteiger partial charge in [-0.1, -0.05) is 55.3 Å². The van der Waals surface area contributed by atoms with Gasteiger partial charge in [0.15, 0.2) is 5.16 Å². The number of thioether (sulfide) groups is 1. The van der Waals surface area contributed by atoms with Crippen molar-refractivity contribution in [2.24, 2.45) is 5.73 Å². The predicted octanol–water partition coefficient (Wildman–Crippen LogP) is 3.27. The lowest BCUT2D eigenvalue weighted by Gasteiger charge is -2.42. The molecule has 2 aromatic rings. The van der Waals surface area contributed by atoms with Gasteiger partial charge in [0, 0.05) is 17.5 Å². The highest BCUT2D eigenvalue weighted by Gasteiger charge is 2.43. The number of hydrogen-bond acceptors (Lipinski definition) is 4. The molecule has 5 nitrogen and oxygen atoms in total. The average molecular weight is 384 g/mol. The zero-order valence-corrected chi connectivity index (χ0v) is 16.5. The molecule has 0 unspecified atom stereocenters. The molecule has 1 aromatic carbocycles. The van der Waals surface area contributed by atoms with Crippen LogP contribution in [-0.4, -0.2) is 21.2 Å². The summed E-state index contributed by atoms with van der Waals surface area (Å²) in [5, 5.41) is 0.586. The number of hydrogen-bond donors (Lipinski definition) is 1. The summed E-state index contributed by atoms with van der Waals surface area (Å²) >= 11 is 1.25. The summed E-state index contributed by atoms with van der Waals surface area (Å²) in [7, 11) is 0. The van der Waals surface area contributed by atoms with Gasteiger partial charge in [0.25, 0.3) is 5.56 Å². The van der Waals surface area contributed by atoms with Gasteiger partial charge in [-0.2, -0.15) is 0 Å². The molecule has 142 valence electrons. The summed E-state index contributed by atoms with van der Waals surface area (Å²) in [6.07, 6.45) is 6.56. The number of fused-ring (bicyclic) bond motifs is 4. The number of nitrogens with zero attached hydrogens (tertiary/aromatic N) is 2. The van der Waals surface area contributed by atoms with Gasteiger partial charge in [-0.3, -0.25) is 14.2 Å². The second-order valence-electron chi connectivity index (χ2n) is 7.60. The van der Waals surface area contributed by atoms with Crippen LogP contribution in [0, 0.1) is 0 Å². The normalized spacial score (nSPS) is 17.4. The van der Waals surface area contributed by atoms with Crippen LogP contribution in [0.2, 0.25) is 0 Å². The van der Waals surface area contributed by atoms with Crippen LogP contribution >= 0.6 is 11.8 Å². The summed E-state index contributed by atoms with van der Waals surface area (Å²) in [5.74, 6) is -0.281. The first kappa shape index (κ1) is 18.3. The molecule has 4 rings (SSSR count). The van der Waals surface area contributed by atoms with E-state index in [0.717, 1.165) is 48.9 Å². The van der Waals surface area contributed by atoms with E-state index >= 15 is 0 Å². The number of rotatable bonds is 4. The molecule has 27 heavy (non-hydrogen) atoms. The lowest BCUT2D eigenvalue weighted by molar-refractivity contribution is -0.115. The van der Waals surface area contributed by atoms with Crippen molar-refractivity contribution in [1.82, 2.24) is 9.55 Å². The Morgan fingerprint density at radius 3 is 2.70 bits per heavy atom. The standard InChI is InChI=1S/C21H25N3O2S/c1-2-24-19(26)17-18(23-20(24)27-13-16(22)25)15-9-5-4-8-14(15)12-21(17)10-6-3-7-11-21/h4-5,8-9H,2-3,6-7,10-13H2,1H3,(H2,22,25). The van der Waals surface area contributed by atoms with Crippen molar-refractivity contribution < 1.29 is 4.79 Å². The van der Waals surface area contributed by atoms with Gasteiger partial charge in [-0.05, 0) is 31.7 Å². The summed E-state index contributed by atoms with van der Waals surface area (Å²) in [6, 6.07) is 8.30. The van der Waals surface area contributed by atoms with Gasteiger partial charge in [-0.25, -0.2) is 4.98 Å². The zero-order chi connectivity index (χ0) is 19.0. The molecular weight excluding hydrogens is 358 g/mol. The molecule has 0 radical (unpaired) electrons. The Morgan fingerprint density at radius 1 is 1.26 bits per heavy atom. The number of benzene rings is 1. The van der Waals surface area contributed by atoms with E-state index in [4.69, 9.17) is 10.7 Å². The molecule has 1 spiro atoms. The van der Waals surface area contributed by atoms with Crippen LogP contribution in [0.25, 0.3) is 11.3 Å². The van der Waals surface area contributed by atoms with Gasteiger partial charge in [0.2, 0.25) is 5.91 Å². The quantitative estimate of drug-likeness (QED) is 0.649. The average Bonchev–Trinajstić information content (AvgIpc) is 2.66. The Bertz CT molecular complexity index is 945. The Balaban J connectivity index is 1.96. The van der Waals surface area contributed by atoms with E-state index in [1.807, 2.05) is 13.0 Å². The molecule has 0 bridgehead atoms. The summed E-state index contributed by atoms with van der Waals surface area (Å²) in [6.45, 7) is 2.49. The van der Waals surface area contributed by atoms with Gasteiger partial charge >= 0.3 is 0 Å². The first-order valence-electron chi connectivity index (χ1n) is 9.70. The van der Waals surface area contributed by atoms with Crippen molar-refractivity contribution in [3.8, 4) is 11.3 Å². The molecule has 0 saturated heterocycles.